The summed E-state index contributed by atoms with van der Waals surface area (Å²) in [5.74, 6) is 0.207. The lowest BCUT2D eigenvalue weighted by Gasteiger charge is -2.19. The summed E-state index contributed by atoms with van der Waals surface area (Å²) in [5.41, 5.74) is 2.20. The molecule has 0 aliphatic rings. The molecule has 146 valence electrons. The summed E-state index contributed by atoms with van der Waals surface area (Å²) in [6.45, 7) is 3.70. The number of hydrogen-bond acceptors (Lipinski definition) is 4. The van der Waals surface area contributed by atoms with Crippen LogP contribution in [0.5, 0.6) is 5.75 Å². The van der Waals surface area contributed by atoms with Gasteiger partial charge in [-0.15, -0.1) is 0 Å². The van der Waals surface area contributed by atoms with Gasteiger partial charge in [0.15, 0.2) is 0 Å². The predicted molar refractivity (Wildman–Crippen MR) is 105 cm³/mol. The lowest BCUT2D eigenvalue weighted by atomic mass is 10.1. The highest BCUT2D eigenvalue weighted by molar-refractivity contribution is 7.89. The van der Waals surface area contributed by atoms with Crippen molar-refractivity contribution in [1.82, 2.24) is 9.62 Å². The molecule has 0 aromatic heterocycles. The molecule has 0 radical (unpaired) electrons. The molecule has 2 aromatic rings. The average Bonchev–Trinajstić information content (AvgIpc) is 2.67. The first-order chi connectivity index (χ1) is 12.8. The number of aryl methyl sites for hydroxylation is 1. The van der Waals surface area contributed by atoms with Crippen molar-refractivity contribution in [2.24, 2.45) is 0 Å². The van der Waals surface area contributed by atoms with Crippen LogP contribution in [0.3, 0.4) is 0 Å². The summed E-state index contributed by atoms with van der Waals surface area (Å²) in [6.07, 6.45) is 0.953. The Kier molecular flexibility index (Phi) is 6.98. The summed E-state index contributed by atoms with van der Waals surface area (Å²) in [6, 6.07) is 13.9. The molecule has 27 heavy (non-hydrogen) atoms. The number of nitrogens with one attached hydrogen (secondary N) is 1. The van der Waals surface area contributed by atoms with Crippen molar-refractivity contribution in [3.8, 4) is 5.75 Å². The number of methoxy groups -OCH3 is 1. The van der Waals surface area contributed by atoms with E-state index < -0.39 is 10.0 Å². The first-order valence-electron chi connectivity index (χ1n) is 8.76. The van der Waals surface area contributed by atoms with Gasteiger partial charge in [-0.05, 0) is 48.7 Å². The maximum atomic E-state index is 12.6. The highest BCUT2D eigenvalue weighted by Crippen LogP contribution is 2.19. The van der Waals surface area contributed by atoms with E-state index in [1.165, 1.54) is 31.9 Å². The average molecular weight is 391 g/mol. The van der Waals surface area contributed by atoms with Gasteiger partial charge in [-0.2, -0.15) is 4.31 Å². The molecule has 1 unspecified atom stereocenters. The normalized spacial score (nSPS) is 12.6. The molecule has 2 aromatic carbocycles. The summed E-state index contributed by atoms with van der Waals surface area (Å²) in [4.78, 5) is 12.4. The Labute approximate surface area is 161 Å². The number of nitrogens with zero attached hydrogens (tertiary/aromatic N) is 1. The lowest BCUT2D eigenvalue weighted by Crippen LogP contribution is -2.39. The zero-order chi connectivity index (χ0) is 20.0. The Morgan fingerprint density at radius 3 is 2.22 bits per heavy atom. The van der Waals surface area contributed by atoms with Crippen LogP contribution in [0.1, 0.15) is 31.0 Å². The third-order valence-electron chi connectivity index (χ3n) is 4.40. The van der Waals surface area contributed by atoms with E-state index in [2.05, 4.69) is 12.2 Å². The molecule has 0 fully saturated rings. The molecule has 0 spiro atoms. The molecule has 7 heteroatoms. The minimum Gasteiger partial charge on any atom is -0.497 e. The smallest absolute Gasteiger partial charge is 0.243 e. The van der Waals surface area contributed by atoms with Gasteiger partial charge < -0.3 is 10.1 Å². The van der Waals surface area contributed by atoms with Crippen LogP contribution in [-0.2, 0) is 21.2 Å². The number of benzene rings is 2. The van der Waals surface area contributed by atoms with Gasteiger partial charge in [0.1, 0.15) is 5.75 Å². The van der Waals surface area contributed by atoms with Gasteiger partial charge in [0.2, 0.25) is 15.9 Å². The summed E-state index contributed by atoms with van der Waals surface area (Å²) in [7, 11) is -0.852. The first kappa shape index (κ1) is 20.9. The monoisotopic (exact) mass is 390 g/mol. The molecule has 0 aliphatic carbocycles. The number of sulfonamides is 1. The number of likely N-dealkylation sites (N-methyl/N-ethyl adjacent to an activating group) is 1. The van der Waals surface area contributed by atoms with E-state index in [0.29, 0.717) is 5.75 Å². The molecule has 0 heterocycles. The van der Waals surface area contributed by atoms with E-state index in [4.69, 9.17) is 4.74 Å². The van der Waals surface area contributed by atoms with E-state index in [0.717, 1.165) is 16.3 Å². The Balaban J connectivity index is 2.00. The number of rotatable bonds is 8. The minimum atomic E-state index is -3.75. The third-order valence-corrected chi connectivity index (χ3v) is 6.22. The quantitative estimate of drug-likeness (QED) is 0.752. The second-order valence-corrected chi connectivity index (χ2v) is 8.37. The van der Waals surface area contributed by atoms with Gasteiger partial charge in [0, 0.05) is 7.05 Å². The molecular formula is C20H26N2O4S. The van der Waals surface area contributed by atoms with Crippen LogP contribution < -0.4 is 10.1 Å². The second-order valence-electron chi connectivity index (χ2n) is 6.32. The van der Waals surface area contributed by atoms with Gasteiger partial charge in [-0.25, -0.2) is 8.42 Å². The Bertz CT molecular complexity index is 862. The predicted octanol–water partition coefficient (Wildman–Crippen LogP) is 2.76. The van der Waals surface area contributed by atoms with Gasteiger partial charge in [-0.3, -0.25) is 4.79 Å². The Hall–Kier alpha value is -2.38. The lowest BCUT2D eigenvalue weighted by molar-refractivity contribution is -0.121. The van der Waals surface area contributed by atoms with Crippen LogP contribution in [0.15, 0.2) is 53.4 Å². The molecule has 6 nitrogen and oxygen atoms in total. The van der Waals surface area contributed by atoms with Crippen molar-refractivity contribution in [3.63, 3.8) is 0 Å². The molecule has 1 atom stereocenters. The number of hydrogen-bond donors (Lipinski definition) is 1. The van der Waals surface area contributed by atoms with Crippen LogP contribution in [0.2, 0.25) is 0 Å². The van der Waals surface area contributed by atoms with Crippen molar-refractivity contribution in [3.05, 3.63) is 59.7 Å². The van der Waals surface area contributed by atoms with Crippen LogP contribution in [0, 0.1) is 0 Å². The molecule has 1 amide bonds. The largest absolute Gasteiger partial charge is 0.497 e. The van der Waals surface area contributed by atoms with Crippen molar-refractivity contribution < 1.29 is 17.9 Å². The minimum absolute atomic E-state index is 0.113. The highest BCUT2D eigenvalue weighted by Gasteiger charge is 2.23. The second kappa shape index (κ2) is 9.01. The van der Waals surface area contributed by atoms with E-state index in [-0.39, 0.29) is 23.4 Å². The van der Waals surface area contributed by atoms with Crippen LogP contribution in [-0.4, -0.2) is 39.3 Å². The fourth-order valence-electron chi connectivity index (χ4n) is 2.63. The van der Waals surface area contributed by atoms with Gasteiger partial charge in [-0.1, -0.05) is 31.2 Å². The fourth-order valence-corrected chi connectivity index (χ4v) is 3.75. The number of carbonyl (C=O) groups excluding carboxylic acids is 1. The summed E-state index contributed by atoms with van der Waals surface area (Å²) in [5, 5.41) is 2.84. The van der Waals surface area contributed by atoms with Gasteiger partial charge >= 0.3 is 0 Å². The zero-order valence-electron chi connectivity index (χ0n) is 16.1. The number of amides is 1. The first-order valence-corrected chi connectivity index (χ1v) is 10.2. The number of ether oxygens (including phenoxy) is 1. The molecule has 0 saturated heterocycles. The van der Waals surface area contributed by atoms with E-state index >= 15 is 0 Å². The van der Waals surface area contributed by atoms with Crippen molar-refractivity contribution in [2.75, 3.05) is 20.7 Å². The third kappa shape index (κ3) is 5.30. The van der Waals surface area contributed by atoms with Crippen LogP contribution in [0.4, 0.5) is 0 Å². The fraction of sp³-hybridized carbons (Fsp3) is 0.350. The topological polar surface area (TPSA) is 75.7 Å². The maximum Gasteiger partial charge on any atom is 0.243 e. The summed E-state index contributed by atoms with van der Waals surface area (Å²) < 4.78 is 31.3. The zero-order valence-corrected chi connectivity index (χ0v) is 16.9. The van der Waals surface area contributed by atoms with E-state index in [9.17, 15) is 13.2 Å². The van der Waals surface area contributed by atoms with Crippen molar-refractivity contribution >= 4 is 15.9 Å². The Morgan fingerprint density at radius 2 is 1.70 bits per heavy atom. The van der Waals surface area contributed by atoms with Gasteiger partial charge in [0.25, 0.3) is 0 Å². The van der Waals surface area contributed by atoms with Crippen LogP contribution in [0.25, 0.3) is 0 Å². The highest BCUT2D eigenvalue weighted by atomic mass is 32.2. The maximum absolute atomic E-state index is 12.6. The van der Waals surface area contributed by atoms with Crippen LogP contribution >= 0.6 is 0 Å². The van der Waals surface area contributed by atoms with Crippen molar-refractivity contribution in [2.45, 2.75) is 31.2 Å². The Morgan fingerprint density at radius 1 is 1.11 bits per heavy atom. The molecule has 0 bridgehead atoms. The van der Waals surface area contributed by atoms with Gasteiger partial charge in [0.05, 0.1) is 24.6 Å². The molecule has 2 rings (SSSR count). The van der Waals surface area contributed by atoms with Crippen molar-refractivity contribution in [1.29, 1.82) is 0 Å². The number of carbonyl (C=O) groups is 1. The van der Waals surface area contributed by atoms with E-state index in [1.54, 1.807) is 12.1 Å². The molecule has 0 aliphatic heterocycles. The molecular weight excluding hydrogens is 364 g/mol. The SMILES string of the molecule is CCc1ccc(C(C)NC(=O)CN(C)S(=O)(=O)c2ccc(OC)cc2)cc1. The van der Waals surface area contributed by atoms with E-state index in [1.807, 2.05) is 31.2 Å². The molecule has 1 N–H and O–H groups in total. The summed E-state index contributed by atoms with van der Waals surface area (Å²) >= 11 is 0. The standard InChI is InChI=1S/C20H26N2O4S/c1-5-16-6-8-17(9-7-16)15(2)21-20(23)14-22(3)27(24,25)19-12-10-18(26-4)11-13-19/h6-13,15H,5,14H2,1-4H3,(H,21,23). The molecule has 0 saturated carbocycles.